The molecule has 2 heterocycles. The SMILES string of the molecule is CN(C)N1C=Cc2nc(C(=O)Nc3cccc(C(F)(F)F)c3)cn2C1. The molecule has 6 nitrogen and oxygen atoms in total. The van der Waals surface area contributed by atoms with E-state index in [4.69, 9.17) is 0 Å². The molecule has 1 aromatic carbocycles. The number of hydrazine groups is 1. The number of carbonyl (C=O) groups excluding carboxylic acids is 1. The number of fused-ring (bicyclic) bond motifs is 1. The third kappa shape index (κ3) is 3.66. The number of aromatic nitrogens is 2. The van der Waals surface area contributed by atoms with Gasteiger partial charge in [-0.3, -0.25) is 9.80 Å². The summed E-state index contributed by atoms with van der Waals surface area (Å²) in [5.74, 6) is 0.0401. The van der Waals surface area contributed by atoms with E-state index in [0.717, 1.165) is 12.1 Å². The van der Waals surface area contributed by atoms with Crippen LogP contribution >= 0.6 is 0 Å². The number of hydrogen-bond acceptors (Lipinski definition) is 4. The first kappa shape index (κ1) is 17.0. The number of amides is 1. The van der Waals surface area contributed by atoms with Gasteiger partial charge in [-0.2, -0.15) is 13.2 Å². The van der Waals surface area contributed by atoms with E-state index in [1.165, 1.54) is 12.1 Å². The topological polar surface area (TPSA) is 53.4 Å². The highest BCUT2D eigenvalue weighted by Gasteiger charge is 2.30. The number of hydrogen-bond donors (Lipinski definition) is 1. The van der Waals surface area contributed by atoms with E-state index < -0.39 is 17.6 Å². The molecule has 0 atom stereocenters. The molecule has 25 heavy (non-hydrogen) atoms. The molecular weight excluding hydrogens is 335 g/mol. The fourth-order valence-electron chi connectivity index (χ4n) is 2.37. The zero-order chi connectivity index (χ0) is 18.2. The molecule has 1 amide bonds. The summed E-state index contributed by atoms with van der Waals surface area (Å²) in [7, 11) is 3.76. The van der Waals surface area contributed by atoms with Crippen LogP contribution in [0.3, 0.4) is 0 Å². The first-order valence-electron chi connectivity index (χ1n) is 7.42. The number of benzene rings is 1. The first-order valence-corrected chi connectivity index (χ1v) is 7.42. The second kappa shape index (κ2) is 6.25. The van der Waals surface area contributed by atoms with Gasteiger partial charge in [-0.1, -0.05) is 6.07 Å². The smallest absolute Gasteiger partial charge is 0.321 e. The summed E-state index contributed by atoms with van der Waals surface area (Å²) < 4.78 is 40.0. The molecule has 0 unspecified atom stereocenters. The van der Waals surface area contributed by atoms with Gasteiger partial charge in [0.15, 0.2) is 0 Å². The molecule has 1 aromatic heterocycles. The van der Waals surface area contributed by atoms with Crippen molar-refractivity contribution in [3.8, 4) is 0 Å². The van der Waals surface area contributed by atoms with Crippen molar-refractivity contribution in [3.05, 3.63) is 53.7 Å². The van der Waals surface area contributed by atoms with Crippen LogP contribution in [0.2, 0.25) is 0 Å². The monoisotopic (exact) mass is 351 g/mol. The maximum atomic E-state index is 12.7. The third-order valence-corrected chi connectivity index (χ3v) is 3.69. The molecule has 9 heteroatoms. The molecule has 0 saturated carbocycles. The fourth-order valence-corrected chi connectivity index (χ4v) is 2.37. The van der Waals surface area contributed by atoms with Crippen LogP contribution in [-0.4, -0.2) is 39.6 Å². The van der Waals surface area contributed by atoms with E-state index in [0.29, 0.717) is 12.5 Å². The Morgan fingerprint density at radius 1 is 1.32 bits per heavy atom. The van der Waals surface area contributed by atoms with Crippen molar-refractivity contribution < 1.29 is 18.0 Å². The Balaban J connectivity index is 1.77. The predicted molar refractivity (Wildman–Crippen MR) is 86.2 cm³/mol. The van der Waals surface area contributed by atoms with Gasteiger partial charge >= 0.3 is 6.18 Å². The normalized spacial score (nSPS) is 13.9. The number of nitrogens with zero attached hydrogens (tertiary/aromatic N) is 4. The van der Waals surface area contributed by atoms with Gasteiger partial charge in [-0.25, -0.2) is 9.99 Å². The fraction of sp³-hybridized carbons (Fsp3) is 0.250. The van der Waals surface area contributed by atoms with Crippen molar-refractivity contribution in [1.29, 1.82) is 0 Å². The highest BCUT2D eigenvalue weighted by Crippen LogP contribution is 2.30. The van der Waals surface area contributed by atoms with Gasteiger partial charge in [0.2, 0.25) is 0 Å². The zero-order valence-corrected chi connectivity index (χ0v) is 13.6. The van der Waals surface area contributed by atoms with E-state index in [9.17, 15) is 18.0 Å². The summed E-state index contributed by atoms with van der Waals surface area (Å²) in [6.07, 6.45) is 0.689. The molecule has 0 saturated heterocycles. The van der Waals surface area contributed by atoms with Crippen LogP contribution in [0.4, 0.5) is 18.9 Å². The first-order chi connectivity index (χ1) is 11.7. The minimum atomic E-state index is -4.46. The van der Waals surface area contributed by atoms with E-state index in [2.05, 4.69) is 10.3 Å². The number of rotatable bonds is 3. The van der Waals surface area contributed by atoms with E-state index in [1.54, 1.807) is 16.8 Å². The minimum absolute atomic E-state index is 0.0660. The van der Waals surface area contributed by atoms with Crippen LogP contribution in [0.15, 0.2) is 36.7 Å². The Morgan fingerprint density at radius 2 is 2.08 bits per heavy atom. The van der Waals surface area contributed by atoms with Gasteiger partial charge in [0, 0.05) is 32.2 Å². The maximum Gasteiger partial charge on any atom is 0.416 e. The molecule has 1 aliphatic heterocycles. The molecule has 1 aliphatic rings. The highest BCUT2D eigenvalue weighted by atomic mass is 19.4. The number of carbonyl (C=O) groups is 1. The Labute approximate surface area is 142 Å². The van der Waals surface area contributed by atoms with Crippen LogP contribution in [0.5, 0.6) is 0 Å². The number of halogens is 3. The summed E-state index contributed by atoms with van der Waals surface area (Å²) in [5, 5.41) is 6.23. The van der Waals surface area contributed by atoms with Gasteiger partial charge in [-0.05, 0) is 24.3 Å². The molecule has 0 aliphatic carbocycles. The lowest BCUT2D eigenvalue weighted by molar-refractivity contribution is -0.137. The summed E-state index contributed by atoms with van der Waals surface area (Å²) >= 11 is 0. The minimum Gasteiger partial charge on any atom is -0.321 e. The van der Waals surface area contributed by atoms with Crippen LogP contribution in [0.25, 0.3) is 6.08 Å². The van der Waals surface area contributed by atoms with E-state index >= 15 is 0 Å². The summed E-state index contributed by atoms with van der Waals surface area (Å²) in [5.41, 5.74) is -0.618. The molecule has 3 rings (SSSR count). The zero-order valence-electron chi connectivity index (χ0n) is 13.6. The van der Waals surface area contributed by atoms with Gasteiger partial charge in [-0.15, -0.1) is 0 Å². The number of nitrogens with one attached hydrogen (secondary N) is 1. The van der Waals surface area contributed by atoms with Crippen molar-refractivity contribution in [3.63, 3.8) is 0 Å². The molecule has 1 N–H and O–H groups in total. The summed E-state index contributed by atoms with van der Waals surface area (Å²) in [4.78, 5) is 16.5. The van der Waals surface area contributed by atoms with Crippen LogP contribution in [-0.2, 0) is 12.8 Å². The van der Waals surface area contributed by atoms with E-state index in [-0.39, 0.29) is 11.4 Å². The number of anilines is 1. The van der Waals surface area contributed by atoms with Crippen LogP contribution in [0, 0.1) is 0 Å². The van der Waals surface area contributed by atoms with Crippen LogP contribution < -0.4 is 5.32 Å². The van der Waals surface area contributed by atoms with Crippen molar-refractivity contribution in [2.75, 3.05) is 19.4 Å². The number of alkyl halides is 3. The number of imidazole rings is 1. The van der Waals surface area contributed by atoms with Crippen LogP contribution in [0.1, 0.15) is 21.9 Å². The Hall–Kier alpha value is -2.81. The Morgan fingerprint density at radius 3 is 2.76 bits per heavy atom. The molecule has 0 radical (unpaired) electrons. The summed E-state index contributed by atoms with van der Waals surface area (Å²) in [6.45, 7) is 0.489. The van der Waals surface area contributed by atoms with Gasteiger partial charge in [0.25, 0.3) is 5.91 Å². The second-order valence-electron chi connectivity index (χ2n) is 5.73. The molecule has 0 bridgehead atoms. The lowest BCUT2D eigenvalue weighted by Crippen LogP contribution is -2.35. The maximum absolute atomic E-state index is 12.7. The molecule has 2 aromatic rings. The van der Waals surface area contributed by atoms with Crippen molar-refractivity contribution in [2.24, 2.45) is 0 Å². The molecule has 0 spiro atoms. The van der Waals surface area contributed by atoms with E-state index in [1.807, 2.05) is 30.3 Å². The van der Waals surface area contributed by atoms with Gasteiger partial charge < -0.3 is 9.88 Å². The highest BCUT2D eigenvalue weighted by molar-refractivity contribution is 6.03. The van der Waals surface area contributed by atoms with Gasteiger partial charge in [0.05, 0.1) is 5.56 Å². The predicted octanol–water partition coefficient (Wildman–Crippen LogP) is 2.87. The lowest BCUT2D eigenvalue weighted by Gasteiger charge is -2.30. The molecule has 0 fully saturated rings. The largest absolute Gasteiger partial charge is 0.416 e. The molecule has 132 valence electrons. The average molecular weight is 351 g/mol. The van der Waals surface area contributed by atoms with Gasteiger partial charge in [0.1, 0.15) is 18.2 Å². The lowest BCUT2D eigenvalue weighted by atomic mass is 10.2. The molecular formula is C16H16F3N5O. The second-order valence-corrected chi connectivity index (χ2v) is 5.73. The Bertz CT molecular complexity index is 825. The van der Waals surface area contributed by atoms with Crippen molar-refractivity contribution in [1.82, 2.24) is 19.6 Å². The third-order valence-electron chi connectivity index (χ3n) is 3.69. The average Bonchev–Trinajstić information content (AvgIpc) is 2.97. The Kier molecular flexibility index (Phi) is 4.25. The summed E-state index contributed by atoms with van der Waals surface area (Å²) in [6, 6.07) is 4.48. The standard InChI is InChI=1S/C16H16F3N5O/c1-22(2)24-7-6-14-21-13(9-23(14)10-24)15(25)20-12-5-3-4-11(8-12)16(17,18)19/h3-9H,10H2,1-2H3,(H,20,25). The van der Waals surface area contributed by atoms with Crippen molar-refractivity contribution in [2.45, 2.75) is 12.8 Å². The van der Waals surface area contributed by atoms with Crippen molar-refractivity contribution >= 4 is 17.7 Å². The quantitative estimate of drug-likeness (QED) is 0.924.